The number of benzene rings is 3. The summed E-state index contributed by atoms with van der Waals surface area (Å²) in [6.45, 7) is 21.9. The number of rotatable bonds is 8. The van der Waals surface area contributed by atoms with Gasteiger partial charge in [-0.1, -0.05) is 77.9 Å². The second-order valence-corrected chi connectivity index (χ2v) is 20.5. The van der Waals surface area contributed by atoms with Gasteiger partial charge < -0.3 is 20.7 Å². The Morgan fingerprint density at radius 1 is 0.569 bits per heavy atom. The normalized spacial score (nSPS) is 19.6. The van der Waals surface area contributed by atoms with Crippen LogP contribution in [0, 0.1) is 54.5 Å². The maximum absolute atomic E-state index is 7.75. The molecule has 3 aromatic rings. The summed E-state index contributed by atoms with van der Waals surface area (Å²) in [6.07, 6.45) is 32.6. The van der Waals surface area contributed by atoms with Crippen LogP contribution in [-0.2, 0) is 22.1 Å². The van der Waals surface area contributed by atoms with Crippen molar-refractivity contribution in [2.24, 2.45) is 0 Å². The van der Waals surface area contributed by atoms with Crippen molar-refractivity contribution in [1.29, 1.82) is 0 Å². The zero-order chi connectivity index (χ0) is 42.6. The molecule has 58 heavy (non-hydrogen) atoms. The number of aryl methyl sites for hydroxylation is 6. The number of hydrogen-bond acceptors (Lipinski definition) is 3. The first-order valence-electron chi connectivity index (χ1n) is 21.8. The van der Waals surface area contributed by atoms with Crippen LogP contribution < -0.4 is 9.47 Å². The average molecular weight is 914 g/mol. The summed E-state index contributed by atoms with van der Waals surface area (Å²) in [4.78, 5) is 7.75. The molecular weight excluding hydrogens is 840 g/mol. The monoisotopic (exact) mass is 913 g/mol. The number of ether oxygens (including phenoxy) is 2. The van der Waals surface area contributed by atoms with E-state index in [0.29, 0.717) is 11.8 Å². The minimum atomic E-state index is -0.0465. The Hall–Kier alpha value is -2.25. The van der Waals surface area contributed by atoms with Crippen molar-refractivity contribution in [2.45, 2.75) is 167 Å². The first kappa shape index (κ1) is 50.1. The molecule has 6 heteroatoms. The SMILES string of the molecule is C1CCC([PH+](C2CCCCC2)C2CCCCC2)CC1.Cc1cc(C)c(C2C=CC(c3c(C)cc(C)cc3C)[CH-]2)c(C)c1.[CH-]=Cc1cc(OC)cc(OC)c1.[CH-]=O.[Cl][Ru+3]. The standard InChI is InChI=1S/C23H27.C18H33P.C10H11O2.CHO.ClH.Ru/c1-14-9-16(3)22(17(4)10-14)20-7-8-21(13-20)23-18(5)11-15(2)12-19(23)6;1-4-10-16(11-5-1)19(17-12-6-2-7-13-17)18-14-8-3-9-15-18;1-4-8-5-9(11-2)7-10(6-8)12-3;1-2;;/h7-13,20-21H,1-6H3;16-18H,1-15H2;1,4-7H,2-3H3;1H;1H;/q-1;;2*-1;;+4. The topological polar surface area (TPSA) is 35.5 Å². The van der Waals surface area contributed by atoms with Gasteiger partial charge in [0.1, 0.15) is 11.5 Å². The molecule has 318 valence electrons. The molecule has 0 aromatic heterocycles. The number of allylic oxidation sites excluding steroid dienone is 2. The van der Waals surface area contributed by atoms with E-state index in [9.17, 15) is 0 Å². The van der Waals surface area contributed by atoms with Crippen LogP contribution in [0.2, 0.25) is 0 Å². The third-order valence-corrected chi connectivity index (χ3v) is 17.4. The zero-order valence-electron chi connectivity index (χ0n) is 37.0. The van der Waals surface area contributed by atoms with Gasteiger partial charge in [0.25, 0.3) is 0 Å². The molecule has 0 bridgehead atoms. The van der Waals surface area contributed by atoms with Gasteiger partial charge in [-0.15, -0.1) is 24.0 Å². The van der Waals surface area contributed by atoms with Crippen molar-refractivity contribution < 1.29 is 31.6 Å². The third kappa shape index (κ3) is 14.7. The molecule has 3 aromatic carbocycles. The van der Waals surface area contributed by atoms with E-state index in [1.807, 2.05) is 29.4 Å². The van der Waals surface area contributed by atoms with E-state index in [4.69, 9.17) is 20.8 Å². The summed E-state index contributed by atoms with van der Waals surface area (Å²) < 4.78 is 10.1. The fourth-order valence-electron chi connectivity index (χ4n) is 10.6. The van der Waals surface area contributed by atoms with E-state index in [1.54, 1.807) is 117 Å². The second kappa shape index (κ2) is 26.9. The zero-order valence-corrected chi connectivity index (χ0v) is 40.4. The average Bonchev–Trinajstić information content (AvgIpc) is 3.72. The van der Waals surface area contributed by atoms with E-state index in [0.717, 1.165) is 17.1 Å². The van der Waals surface area contributed by atoms with Gasteiger partial charge in [0.05, 0.1) is 31.2 Å². The molecule has 0 N–H and O–H groups in total. The van der Waals surface area contributed by atoms with Crippen LogP contribution in [-0.4, -0.2) is 38.0 Å². The van der Waals surface area contributed by atoms with E-state index in [-0.39, 0.29) is 7.92 Å². The molecule has 0 amide bonds. The molecule has 0 radical (unpaired) electrons. The summed E-state index contributed by atoms with van der Waals surface area (Å²) in [5.74, 6) is 2.35. The number of methoxy groups -OCH3 is 2. The Balaban J connectivity index is 0.000000232. The molecule has 0 spiro atoms. The summed E-state index contributed by atoms with van der Waals surface area (Å²) in [7, 11) is 7.73. The Labute approximate surface area is 370 Å². The molecule has 3 saturated carbocycles. The molecule has 3 nitrogen and oxygen atoms in total. The summed E-state index contributed by atoms with van der Waals surface area (Å²) in [5.41, 5.74) is 15.9. The molecule has 3 fully saturated rings. The quantitative estimate of drug-likeness (QED) is 0.0743. The van der Waals surface area contributed by atoms with E-state index in [1.165, 1.54) is 67.6 Å². The van der Waals surface area contributed by atoms with Crippen molar-refractivity contribution in [3.05, 3.63) is 118 Å². The van der Waals surface area contributed by atoms with E-state index >= 15 is 0 Å². The molecule has 0 heterocycles. The predicted octanol–water partition coefficient (Wildman–Crippen LogP) is 14.9. The van der Waals surface area contributed by atoms with Gasteiger partial charge in [-0.25, -0.2) is 6.08 Å². The molecule has 0 aliphatic heterocycles. The minimum absolute atomic E-state index is 0.0465. The molecular formula is C52H73ClO3PRu+. The van der Waals surface area contributed by atoms with E-state index < -0.39 is 0 Å². The Bertz CT molecular complexity index is 1530. The van der Waals surface area contributed by atoms with Gasteiger partial charge in [0.15, 0.2) is 0 Å². The molecule has 2 unspecified atom stereocenters. The Kier molecular flexibility index (Phi) is 23.2. The Morgan fingerprint density at radius 3 is 1.16 bits per heavy atom. The van der Waals surface area contributed by atoms with Crippen LogP contribution in [0.5, 0.6) is 11.5 Å². The van der Waals surface area contributed by atoms with Crippen LogP contribution in [0.25, 0.3) is 6.08 Å². The molecule has 0 saturated heterocycles. The molecule has 4 aliphatic rings. The first-order valence-corrected chi connectivity index (χ1v) is 25.8. The van der Waals surface area contributed by atoms with Crippen molar-refractivity contribution in [2.75, 3.05) is 14.2 Å². The summed E-state index contributed by atoms with van der Waals surface area (Å²) in [5, 5.41) is 0. The molecule has 4 aliphatic carbocycles. The van der Waals surface area contributed by atoms with Crippen LogP contribution in [0.4, 0.5) is 0 Å². The van der Waals surface area contributed by atoms with Crippen molar-refractivity contribution in [3.63, 3.8) is 0 Å². The van der Waals surface area contributed by atoms with Gasteiger partial charge in [-0.3, -0.25) is 13.4 Å². The van der Waals surface area contributed by atoms with Crippen molar-refractivity contribution in [1.82, 2.24) is 0 Å². The van der Waals surface area contributed by atoms with Crippen LogP contribution in [0.3, 0.4) is 0 Å². The fourth-order valence-corrected chi connectivity index (χ4v) is 15.9. The fraction of sp³-hybridized carbons (Fsp3) is 0.538. The molecule has 2 atom stereocenters. The maximum atomic E-state index is 7.75. The van der Waals surface area contributed by atoms with Gasteiger partial charge in [0.2, 0.25) is 0 Å². The number of carbonyl (C=O) groups excluding carboxylic acids is 1. The van der Waals surface area contributed by atoms with Crippen LogP contribution >= 0.6 is 17.6 Å². The van der Waals surface area contributed by atoms with Crippen LogP contribution in [0.15, 0.2) is 54.6 Å². The third-order valence-electron chi connectivity index (χ3n) is 12.9. The van der Waals surface area contributed by atoms with Crippen molar-refractivity contribution in [3.8, 4) is 11.5 Å². The molecule has 7 rings (SSSR count). The summed E-state index contributed by atoms with van der Waals surface area (Å²) >= 11 is 1.82. The summed E-state index contributed by atoms with van der Waals surface area (Å²) in [6, 6.07) is 14.7. The van der Waals surface area contributed by atoms with Gasteiger partial charge in [-0.2, -0.15) is 5.56 Å². The van der Waals surface area contributed by atoms with Gasteiger partial charge in [-0.05, 0) is 141 Å². The van der Waals surface area contributed by atoms with Gasteiger partial charge in [0, 0.05) is 14.0 Å². The van der Waals surface area contributed by atoms with E-state index in [2.05, 4.69) is 101 Å². The Morgan fingerprint density at radius 2 is 0.879 bits per heavy atom. The van der Waals surface area contributed by atoms with Gasteiger partial charge >= 0.3 is 27.0 Å². The number of halogens is 1. The predicted molar refractivity (Wildman–Crippen MR) is 250 cm³/mol. The second-order valence-electron chi connectivity index (χ2n) is 17.1. The van der Waals surface area contributed by atoms with Crippen molar-refractivity contribution >= 4 is 30.5 Å². The van der Waals surface area contributed by atoms with Crippen LogP contribution in [0.1, 0.15) is 158 Å². The first-order chi connectivity index (χ1) is 28.1. The number of hydrogen-bond donors (Lipinski definition) is 0.